The molecule has 1 rings (SSSR count). The van der Waals surface area contributed by atoms with Crippen molar-refractivity contribution in [1.82, 2.24) is 0 Å². The van der Waals surface area contributed by atoms with Crippen molar-refractivity contribution in [1.29, 1.82) is 0 Å². The second-order valence-electron chi connectivity index (χ2n) is 2.91. The van der Waals surface area contributed by atoms with Crippen molar-refractivity contribution < 1.29 is 23.0 Å². The fourth-order valence-electron chi connectivity index (χ4n) is 1.27. The molecule has 0 radical (unpaired) electrons. The van der Waals surface area contributed by atoms with Gasteiger partial charge in [-0.3, -0.25) is 0 Å². The summed E-state index contributed by atoms with van der Waals surface area (Å²) in [5.74, 6) is 5.05. The van der Waals surface area contributed by atoms with Crippen molar-refractivity contribution >= 4 is 6.21 Å². The number of hydrogen-bond donors (Lipinski definition) is 1. The third kappa shape index (κ3) is 3.20. The second-order valence-corrected chi connectivity index (χ2v) is 2.91. The smallest absolute Gasteiger partial charge is 0.387 e. The maximum Gasteiger partial charge on any atom is 0.387 e. The van der Waals surface area contributed by atoms with Gasteiger partial charge in [0, 0.05) is 5.56 Å². The number of methoxy groups -OCH3 is 2. The molecule has 0 saturated heterocycles. The van der Waals surface area contributed by atoms with E-state index in [4.69, 9.17) is 15.3 Å². The van der Waals surface area contributed by atoms with Crippen molar-refractivity contribution in [2.24, 2.45) is 10.9 Å². The van der Waals surface area contributed by atoms with E-state index in [0.717, 1.165) is 0 Å². The molecule has 0 aliphatic carbocycles. The van der Waals surface area contributed by atoms with E-state index >= 15 is 0 Å². The molecule has 0 amide bonds. The van der Waals surface area contributed by atoms with Crippen LogP contribution in [0.15, 0.2) is 17.2 Å². The van der Waals surface area contributed by atoms with Gasteiger partial charge in [-0.1, -0.05) is 0 Å². The Morgan fingerprint density at radius 1 is 1.24 bits per heavy atom. The summed E-state index contributed by atoms with van der Waals surface area (Å²) in [6.45, 7) is -2.97. The van der Waals surface area contributed by atoms with Crippen LogP contribution in [-0.4, -0.2) is 27.0 Å². The van der Waals surface area contributed by atoms with E-state index in [2.05, 4.69) is 9.84 Å². The second kappa shape index (κ2) is 5.88. The van der Waals surface area contributed by atoms with Crippen LogP contribution in [-0.2, 0) is 0 Å². The molecule has 7 heteroatoms. The molecule has 0 heterocycles. The Balaban J connectivity index is 3.25. The molecule has 1 aromatic carbocycles. The van der Waals surface area contributed by atoms with Crippen molar-refractivity contribution in [3.8, 4) is 17.2 Å². The number of alkyl halides is 2. The van der Waals surface area contributed by atoms with E-state index in [-0.39, 0.29) is 17.2 Å². The summed E-state index contributed by atoms with van der Waals surface area (Å²) in [6, 6.07) is 2.91. The third-order valence-corrected chi connectivity index (χ3v) is 1.91. The maximum absolute atomic E-state index is 12.2. The standard InChI is InChI=1S/C10H12F2N2O3/c1-15-7-3-6(5-14-13)4-8(16-2)9(7)17-10(11)12/h3-5,10H,13H2,1-2H3/b14-5-. The zero-order chi connectivity index (χ0) is 12.8. The van der Waals surface area contributed by atoms with Crippen LogP contribution in [0.4, 0.5) is 8.78 Å². The Hall–Kier alpha value is -2.05. The Kier molecular flexibility index (Phi) is 4.50. The molecule has 0 fully saturated rings. The van der Waals surface area contributed by atoms with E-state index in [0.29, 0.717) is 5.56 Å². The fraction of sp³-hybridized carbons (Fsp3) is 0.300. The average Bonchev–Trinajstić information content (AvgIpc) is 2.30. The summed E-state index contributed by atoms with van der Waals surface area (Å²) in [4.78, 5) is 0. The molecule has 5 nitrogen and oxygen atoms in total. The fourth-order valence-corrected chi connectivity index (χ4v) is 1.27. The first kappa shape index (κ1) is 13.0. The largest absolute Gasteiger partial charge is 0.493 e. The van der Waals surface area contributed by atoms with Gasteiger partial charge in [0.25, 0.3) is 0 Å². The van der Waals surface area contributed by atoms with Crippen LogP contribution in [0.5, 0.6) is 17.2 Å². The minimum absolute atomic E-state index is 0.111. The van der Waals surface area contributed by atoms with E-state index < -0.39 is 6.61 Å². The molecule has 0 aliphatic heterocycles. The Labute approximate surface area is 96.8 Å². The number of benzene rings is 1. The van der Waals surface area contributed by atoms with Crippen LogP contribution in [0.25, 0.3) is 0 Å². The number of halogens is 2. The van der Waals surface area contributed by atoms with Crippen LogP contribution in [0.1, 0.15) is 5.56 Å². The lowest BCUT2D eigenvalue weighted by Crippen LogP contribution is -2.06. The lowest BCUT2D eigenvalue weighted by atomic mass is 10.2. The summed E-state index contributed by atoms with van der Waals surface area (Å²) >= 11 is 0. The molecular formula is C10H12F2N2O3. The van der Waals surface area contributed by atoms with Gasteiger partial charge in [0.05, 0.1) is 20.4 Å². The van der Waals surface area contributed by atoms with Crippen molar-refractivity contribution in [2.45, 2.75) is 6.61 Å². The van der Waals surface area contributed by atoms with Crippen LogP contribution in [0.2, 0.25) is 0 Å². The Morgan fingerprint density at radius 3 is 2.12 bits per heavy atom. The summed E-state index contributed by atoms with van der Waals surface area (Å²) in [5.41, 5.74) is 0.544. The molecule has 1 aromatic rings. The molecule has 0 bridgehead atoms. The van der Waals surface area contributed by atoms with Gasteiger partial charge < -0.3 is 20.1 Å². The summed E-state index contributed by atoms with van der Waals surface area (Å²) in [6.07, 6.45) is 1.33. The van der Waals surface area contributed by atoms with Gasteiger partial charge >= 0.3 is 6.61 Å². The average molecular weight is 246 g/mol. The van der Waals surface area contributed by atoms with Gasteiger partial charge in [-0.15, -0.1) is 0 Å². The molecule has 0 spiro atoms. The number of hydrazone groups is 1. The zero-order valence-corrected chi connectivity index (χ0v) is 9.31. The molecule has 2 N–H and O–H groups in total. The van der Waals surface area contributed by atoms with Crippen molar-refractivity contribution in [2.75, 3.05) is 14.2 Å². The van der Waals surface area contributed by atoms with Gasteiger partial charge in [-0.05, 0) is 12.1 Å². The first-order valence-electron chi connectivity index (χ1n) is 4.56. The topological polar surface area (TPSA) is 66.1 Å². The SMILES string of the molecule is COc1cc(/C=N\N)cc(OC)c1OC(F)F. The van der Waals surface area contributed by atoms with E-state index in [1.165, 1.54) is 32.6 Å². The maximum atomic E-state index is 12.2. The highest BCUT2D eigenvalue weighted by Gasteiger charge is 2.17. The van der Waals surface area contributed by atoms with E-state index in [1.807, 2.05) is 0 Å². The van der Waals surface area contributed by atoms with Gasteiger partial charge in [0.2, 0.25) is 5.75 Å². The van der Waals surface area contributed by atoms with Crippen LogP contribution >= 0.6 is 0 Å². The predicted octanol–water partition coefficient (Wildman–Crippen LogP) is 1.60. The summed E-state index contributed by atoms with van der Waals surface area (Å²) in [5, 5.41) is 3.32. The number of nitrogens with zero attached hydrogens (tertiary/aromatic N) is 1. The molecule has 0 atom stereocenters. The van der Waals surface area contributed by atoms with E-state index in [1.54, 1.807) is 0 Å². The molecular weight excluding hydrogens is 234 g/mol. The monoisotopic (exact) mass is 246 g/mol. The molecule has 0 aromatic heterocycles. The normalized spacial score (nSPS) is 10.9. The van der Waals surface area contributed by atoms with Gasteiger partial charge in [-0.25, -0.2) is 0 Å². The van der Waals surface area contributed by atoms with Crippen LogP contribution in [0, 0.1) is 0 Å². The van der Waals surface area contributed by atoms with Crippen LogP contribution < -0.4 is 20.1 Å². The predicted molar refractivity (Wildman–Crippen MR) is 58.0 cm³/mol. The number of hydrogen-bond acceptors (Lipinski definition) is 5. The highest BCUT2D eigenvalue weighted by Crippen LogP contribution is 2.39. The Bertz CT molecular complexity index is 386. The summed E-state index contributed by atoms with van der Waals surface area (Å²) < 4.78 is 38.6. The first-order valence-corrected chi connectivity index (χ1v) is 4.56. The minimum Gasteiger partial charge on any atom is -0.493 e. The highest BCUT2D eigenvalue weighted by atomic mass is 19.3. The molecule has 0 saturated carbocycles. The van der Waals surface area contributed by atoms with E-state index in [9.17, 15) is 8.78 Å². The van der Waals surface area contributed by atoms with Gasteiger partial charge in [-0.2, -0.15) is 13.9 Å². The lowest BCUT2D eigenvalue weighted by molar-refractivity contribution is -0.0526. The van der Waals surface area contributed by atoms with Gasteiger partial charge in [0.1, 0.15) is 0 Å². The minimum atomic E-state index is -2.97. The lowest BCUT2D eigenvalue weighted by Gasteiger charge is -2.14. The molecule has 94 valence electrons. The molecule has 0 unspecified atom stereocenters. The highest BCUT2D eigenvalue weighted by molar-refractivity contribution is 5.82. The number of rotatable bonds is 5. The molecule has 0 aliphatic rings. The quantitative estimate of drug-likeness (QED) is 0.487. The van der Waals surface area contributed by atoms with Gasteiger partial charge in [0.15, 0.2) is 11.5 Å². The first-order chi connectivity index (χ1) is 8.12. The van der Waals surface area contributed by atoms with Crippen molar-refractivity contribution in [3.05, 3.63) is 17.7 Å². The number of nitrogens with two attached hydrogens (primary N) is 1. The summed E-state index contributed by atoms with van der Waals surface area (Å²) in [7, 11) is 2.66. The van der Waals surface area contributed by atoms with Crippen LogP contribution in [0.3, 0.4) is 0 Å². The zero-order valence-electron chi connectivity index (χ0n) is 9.31. The third-order valence-electron chi connectivity index (χ3n) is 1.91. The number of ether oxygens (including phenoxy) is 3. The Morgan fingerprint density at radius 2 is 1.76 bits per heavy atom. The van der Waals surface area contributed by atoms with Crippen molar-refractivity contribution in [3.63, 3.8) is 0 Å². The molecule has 17 heavy (non-hydrogen) atoms.